The first kappa shape index (κ1) is 11.5. The zero-order valence-corrected chi connectivity index (χ0v) is 8.07. The van der Waals surface area contributed by atoms with Crippen molar-refractivity contribution in [1.82, 2.24) is 5.32 Å². The number of rotatable bonds is 7. The second-order valence-corrected chi connectivity index (χ2v) is 3.01. The average Bonchev–Trinajstić information content (AvgIpc) is 2.09. The standard InChI is InChI=1S/C10H20NO/c1-3-5-6-7-8-10(12)11-9-4-2/h2-9H2,1H3,(H,11,12). The maximum atomic E-state index is 11.0. The van der Waals surface area contributed by atoms with Crippen LogP contribution in [0.4, 0.5) is 0 Å². The molecule has 0 aromatic rings. The zero-order valence-electron chi connectivity index (χ0n) is 8.07. The SMILES string of the molecule is [CH2]CCNC(=O)CCCCCC. The lowest BCUT2D eigenvalue weighted by Gasteiger charge is -2.02. The van der Waals surface area contributed by atoms with Crippen LogP contribution in [0.25, 0.3) is 0 Å². The summed E-state index contributed by atoms with van der Waals surface area (Å²) in [5.74, 6) is 0.176. The lowest BCUT2D eigenvalue weighted by atomic mass is 10.1. The van der Waals surface area contributed by atoms with Gasteiger partial charge in [0, 0.05) is 13.0 Å². The molecule has 0 fully saturated rings. The summed E-state index contributed by atoms with van der Waals surface area (Å²) in [6.07, 6.45) is 6.12. The van der Waals surface area contributed by atoms with Crippen molar-refractivity contribution in [1.29, 1.82) is 0 Å². The molecular weight excluding hydrogens is 150 g/mol. The van der Waals surface area contributed by atoms with Gasteiger partial charge < -0.3 is 5.32 Å². The second kappa shape index (κ2) is 8.57. The molecule has 0 atom stereocenters. The summed E-state index contributed by atoms with van der Waals surface area (Å²) >= 11 is 0. The maximum absolute atomic E-state index is 11.0. The van der Waals surface area contributed by atoms with Gasteiger partial charge in [0.1, 0.15) is 0 Å². The van der Waals surface area contributed by atoms with E-state index in [1.54, 1.807) is 0 Å². The van der Waals surface area contributed by atoms with E-state index in [1.165, 1.54) is 19.3 Å². The summed E-state index contributed by atoms with van der Waals surface area (Å²) in [7, 11) is 0. The molecule has 1 amide bonds. The first-order valence-electron chi connectivity index (χ1n) is 4.87. The molecule has 0 aromatic heterocycles. The first-order chi connectivity index (χ1) is 5.81. The van der Waals surface area contributed by atoms with E-state index in [-0.39, 0.29) is 5.91 Å². The molecule has 0 rings (SSSR count). The van der Waals surface area contributed by atoms with Crippen molar-refractivity contribution in [2.75, 3.05) is 6.54 Å². The van der Waals surface area contributed by atoms with Gasteiger partial charge in [0.05, 0.1) is 0 Å². The predicted octanol–water partition coefficient (Wildman–Crippen LogP) is 2.30. The predicted molar refractivity (Wildman–Crippen MR) is 51.7 cm³/mol. The van der Waals surface area contributed by atoms with Crippen LogP contribution in [0, 0.1) is 6.92 Å². The topological polar surface area (TPSA) is 29.1 Å². The van der Waals surface area contributed by atoms with E-state index >= 15 is 0 Å². The number of amides is 1. The second-order valence-electron chi connectivity index (χ2n) is 3.01. The molecule has 1 N–H and O–H groups in total. The minimum atomic E-state index is 0.176. The summed E-state index contributed by atoms with van der Waals surface area (Å²) in [5, 5.41) is 2.81. The van der Waals surface area contributed by atoms with Crippen molar-refractivity contribution in [2.45, 2.75) is 45.4 Å². The van der Waals surface area contributed by atoms with Crippen LogP contribution in [0.3, 0.4) is 0 Å². The maximum Gasteiger partial charge on any atom is 0.219 e. The summed E-state index contributed by atoms with van der Waals surface area (Å²) in [5.41, 5.74) is 0. The third kappa shape index (κ3) is 7.58. The van der Waals surface area contributed by atoms with Crippen LogP contribution < -0.4 is 5.32 Å². The van der Waals surface area contributed by atoms with Crippen LogP contribution >= 0.6 is 0 Å². The van der Waals surface area contributed by atoms with Crippen molar-refractivity contribution in [3.8, 4) is 0 Å². The third-order valence-corrected chi connectivity index (χ3v) is 1.76. The van der Waals surface area contributed by atoms with E-state index in [4.69, 9.17) is 0 Å². The fraction of sp³-hybridized carbons (Fsp3) is 0.800. The number of carbonyl (C=O) groups is 1. The van der Waals surface area contributed by atoms with Gasteiger partial charge in [-0.1, -0.05) is 33.1 Å². The molecule has 2 nitrogen and oxygen atoms in total. The fourth-order valence-electron chi connectivity index (χ4n) is 1.03. The molecule has 0 heterocycles. The van der Waals surface area contributed by atoms with Gasteiger partial charge >= 0.3 is 0 Å². The van der Waals surface area contributed by atoms with Crippen LogP contribution in [0.2, 0.25) is 0 Å². The Labute approximate surface area is 75.7 Å². The van der Waals surface area contributed by atoms with Gasteiger partial charge in [0.25, 0.3) is 0 Å². The smallest absolute Gasteiger partial charge is 0.219 e. The highest BCUT2D eigenvalue weighted by molar-refractivity contribution is 5.75. The number of hydrogen-bond donors (Lipinski definition) is 1. The lowest BCUT2D eigenvalue weighted by Crippen LogP contribution is -2.23. The highest BCUT2D eigenvalue weighted by Crippen LogP contribution is 2.01. The van der Waals surface area contributed by atoms with Gasteiger partial charge in [0.15, 0.2) is 0 Å². The first-order valence-corrected chi connectivity index (χ1v) is 4.87. The van der Waals surface area contributed by atoms with E-state index in [0.717, 1.165) is 12.8 Å². The summed E-state index contributed by atoms with van der Waals surface area (Å²) in [4.78, 5) is 11.0. The Morgan fingerprint density at radius 3 is 2.67 bits per heavy atom. The Bertz CT molecular complexity index is 112. The van der Waals surface area contributed by atoms with Crippen LogP contribution in [-0.2, 0) is 4.79 Å². The van der Waals surface area contributed by atoms with E-state index < -0.39 is 0 Å². The number of nitrogens with one attached hydrogen (secondary N) is 1. The number of hydrogen-bond acceptors (Lipinski definition) is 1. The molecule has 0 saturated carbocycles. The Morgan fingerprint density at radius 2 is 2.08 bits per heavy atom. The van der Waals surface area contributed by atoms with Crippen molar-refractivity contribution >= 4 is 5.91 Å². The fourth-order valence-corrected chi connectivity index (χ4v) is 1.03. The average molecular weight is 170 g/mol. The molecule has 0 spiro atoms. The molecule has 0 unspecified atom stereocenters. The highest BCUT2D eigenvalue weighted by atomic mass is 16.1. The summed E-state index contributed by atoms with van der Waals surface area (Å²) in [6, 6.07) is 0. The van der Waals surface area contributed by atoms with Crippen molar-refractivity contribution in [3.63, 3.8) is 0 Å². The molecule has 1 radical (unpaired) electrons. The van der Waals surface area contributed by atoms with Gasteiger partial charge in [-0.05, 0) is 12.8 Å². The van der Waals surface area contributed by atoms with Gasteiger partial charge in [-0.2, -0.15) is 0 Å². The molecule has 0 aromatic carbocycles. The minimum absolute atomic E-state index is 0.176. The molecule has 0 aliphatic carbocycles. The molecule has 0 bridgehead atoms. The van der Waals surface area contributed by atoms with E-state index in [2.05, 4.69) is 19.2 Å². The zero-order chi connectivity index (χ0) is 9.23. The van der Waals surface area contributed by atoms with Gasteiger partial charge in [-0.15, -0.1) is 0 Å². The Hall–Kier alpha value is -0.530. The third-order valence-electron chi connectivity index (χ3n) is 1.76. The van der Waals surface area contributed by atoms with Crippen molar-refractivity contribution in [2.24, 2.45) is 0 Å². The van der Waals surface area contributed by atoms with E-state index in [1.807, 2.05) is 0 Å². The van der Waals surface area contributed by atoms with Crippen LogP contribution in [0.5, 0.6) is 0 Å². The van der Waals surface area contributed by atoms with Crippen molar-refractivity contribution < 1.29 is 4.79 Å². The summed E-state index contributed by atoms with van der Waals surface area (Å²) in [6.45, 7) is 6.54. The molecule has 0 aliphatic rings. The molecule has 0 aliphatic heterocycles. The van der Waals surface area contributed by atoms with Gasteiger partial charge in [0.2, 0.25) is 5.91 Å². The molecule has 12 heavy (non-hydrogen) atoms. The largest absolute Gasteiger partial charge is 0.356 e. The number of unbranched alkanes of at least 4 members (excludes halogenated alkanes) is 3. The minimum Gasteiger partial charge on any atom is -0.356 e. The lowest BCUT2D eigenvalue weighted by molar-refractivity contribution is -0.121. The quantitative estimate of drug-likeness (QED) is 0.584. The van der Waals surface area contributed by atoms with Crippen LogP contribution in [-0.4, -0.2) is 12.5 Å². The Balaban J connectivity index is 3.08. The van der Waals surface area contributed by atoms with Crippen LogP contribution in [0.1, 0.15) is 45.4 Å². The summed E-state index contributed by atoms with van der Waals surface area (Å²) < 4.78 is 0. The molecule has 2 heteroatoms. The Kier molecular flexibility index (Phi) is 8.19. The Morgan fingerprint density at radius 1 is 1.33 bits per heavy atom. The van der Waals surface area contributed by atoms with E-state index in [9.17, 15) is 4.79 Å². The van der Waals surface area contributed by atoms with E-state index in [0.29, 0.717) is 13.0 Å². The highest BCUT2D eigenvalue weighted by Gasteiger charge is 1.98. The molecule has 71 valence electrons. The molecule has 0 saturated heterocycles. The van der Waals surface area contributed by atoms with Crippen molar-refractivity contribution in [3.05, 3.63) is 6.92 Å². The van der Waals surface area contributed by atoms with Gasteiger partial charge in [-0.3, -0.25) is 4.79 Å². The number of carbonyl (C=O) groups excluding carboxylic acids is 1. The monoisotopic (exact) mass is 170 g/mol. The van der Waals surface area contributed by atoms with Gasteiger partial charge in [-0.25, -0.2) is 0 Å². The van der Waals surface area contributed by atoms with Crippen LogP contribution in [0.15, 0.2) is 0 Å². The normalized spacial score (nSPS) is 9.83. The molecular formula is C10H20NO.